The SMILES string of the molecule is Cc1cc(C(=O)CCC(=O)Nc2ccc3c(c2)CC2(C3)C(=O)Nc3ncccc32)cc2c1NC(=O)C2. The van der Waals surface area contributed by atoms with Crippen molar-refractivity contribution in [1.29, 1.82) is 0 Å². The first kappa shape index (κ1) is 22.2. The summed E-state index contributed by atoms with van der Waals surface area (Å²) in [6, 6.07) is 13.0. The minimum atomic E-state index is -0.658. The van der Waals surface area contributed by atoms with Crippen LogP contribution in [0.5, 0.6) is 0 Å². The van der Waals surface area contributed by atoms with Crippen LogP contribution in [0.2, 0.25) is 0 Å². The number of hydrogen-bond donors (Lipinski definition) is 3. The number of rotatable bonds is 5. The molecule has 2 aromatic carbocycles. The van der Waals surface area contributed by atoms with Crippen LogP contribution in [-0.4, -0.2) is 28.5 Å². The molecule has 1 aromatic heterocycles. The second-order valence-electron chi connectivity index (χ2n) is 9.80. The predicted octanol–water partition coefficient (Wildman–Crippen LogP) is 3.47. The number of carbonyl (C=O) groups is 4. The third kappa shape index (κ3) is 3.57. The van der Waals surface area contributed by atoms with Crippen molar-refractivity contribution in [3.63, 3.8) is 0 Å². The molecule has 180 valence electrons. The third-order valence-corrected chi connectivity index (χ3v) is 7.40. The maximum Gasteiger partial charge on any atom is 0.237 e. The molecule has 3 aliphatic rings. The molecule has 3 heterocycles. The van der Waals surface area contributed by atoms with Crippen LogP contribution in [0.15, 0.2) is 48.7 Å². The molecule has 2 aliphatic heterocycles. The molecule has 3 amide bonds. The van der Waals surface area contributed by atoms with E-state index < -0.39 is 5.41 Å². The van der Waals surface area contributed by atoms with E-state index in [1.807, 2.05) is 37.3 Å². The van der Waals surface area contributed by atoms with Crippen LogP contribution >= 0.6 is 0 Å². The number of carbonyl (C=O) groups excluding carboxylic acids is 4. The first-order valence-electron chi connectivity index (χ1n) is 12.0. The number of hydrogen-bond acceptors (Lipinski definition) is 5. The van der Waals surface area contributed by atoms with Gasteiger partial charge in [-0.05, 0) is 72.4 Å². The number of amides is 3. The molecule has 1 atom stereocenters. The topological polar surface area (TPSA) is 117 Å². The summed E-state index contributed by atoms with van der Waals surface area (Å²) in [7, 11) is 0. The van der Waals surface area contributed by atoms with Gasteiger partial charge in [0.25, 0.3) is 0 Å². The molecule has 1 unspecified atom stereocenters. The third-order valence-electron chi connectivity index (χ3n) is 7.40. The van der Waals surface area contributed by atoms with Crippen LogP contribution in [0.25, 0.3) is 0 Å². The Morgan fingerprint density at radius 2 is 1.83 bits per heavy atom. The van der Waals surface area contributed by atoms with E-state index >= 15 is 0 Å². The van der Waals surface area contributed by atoms with Gasteiger partial charge in [-0.25, -0.2) is 4.98 Å². The number of aryl methyl sites for hydroxylation is 1. The van der Waals surface area contributed by atoms with Gasteiger partial charge in [-0.3, -0.25) is 19.2 Å². The van der Waals surface area contributed by atoms with Gasteiger partial charge >= 0.3 is 0 Å². The minimum Gasteiger partial charge on any atom is -0.326 e. The number of aromatic nitrogens is 1. The van der Waals surface area contributed by atoms with E-state index in [1.165, 1.54) is 0 Å². The Kier molecular flexibility index (Phi) is 5.00. The molecule has 36 heavy (non-hydrogen) atoms. The first-order chi connectivity index (χ1) is 17.3. The Labute approximate surface area is 207 Å². The lowest BCUT2D eigenvalue weighted by Gasteiger charge is -2.20. The Morgan fingerprint density at radius 3 is 2.69 bits per heavy atom. The van der Waals surface area contributed by atoms with E-state index in [0.29, 0.717) is 29.9 Å². The lowest BCUT2D eigenvalue weighted by Crippen LogP contribution is -2.35. The van der Waals surface area contributed by atoms with Gasteiger partial charge in [0.15, 0.2) is 5.78 Å². The molecule has 8 nitrogen and oxygen atoms in total. The highest BCUT2D eigenvalue weighted by Gasteiger charge is 2.51. The largest absolute Gasteiger partial charge is 0.326 e. The quantitative estimate of drug-likeness (QED) is 0.484. The molecular weight excluding hydrogens is 456 g/mol. The fourth-order valence-corrected chi connectivity index (χ4v) is 5.64. The van der Waals surface area contributed by atoms with Crippen molar-refractivity contribution in [2.75, 3.05) is 16.0 Å². The average Bonchev–Trinajstić information content (AvgIpc) is 3.50. The van der Waals surface area contributed by atoms with Gasteiger partial charge in [-0.15, -0.1) is 0 Å². The number of nitrogens with zero attached hydrogens (tertiary/aromatic N) is 1. The molecule has 0 bridgehead atoms. The van der Waals surface area contributed by atoms with Crippen LogP contribution in [0.1, 0.15) is 51.0 Å². The van der Waals surface area contributed by atoms with E-state index in [1.54, 1.807) is 18.3 Å². The number of ketones is 1. The van der Waals surface area contributed by atoms with Gasteiger partial charge in [0.05, 0.1) is 11.8 Å². The number of anilines is 3. The highest BCUT2D eigenvalue weighted by Crippen LogP contribution is 2.46. The van der Waals surface area contributed by atoms with Crippen molar-refractivity contribution in [1.82, 2.24) is 4.98 Å². The average molecular weight is 481 g/mol. The summed E-state index contributed by atoms with van der Waals surface area (Å²) in [6.07, 6.45) is 3.20. The predicted molar refractivity (Wildman–Crippen MR) is 134 cm³/mol. The normalized spacial score (nSPS) is 18.9. The molecule has 3 aromatic rings. The number of Topliss-reactive ketones (excluding diaryl/α,β-unsaturated/α-hetero) is 1. The van der Waals surface area contributed by atoms with Crippen LogP contribution < -0.4 is 16.0 Å². The molecule has 6 rings (SSSR count). The Balaban J connectivity index is 1.11. The van der Waals surface area contributed by atoms with Crippen molar-refractivity contribution in [3.8, 4) is 0 Å². The fourth-order valence-electron chi connectivity index (χ4n) is 5.64. The van der Waals surface area contributed by atoms with E-state index in [4.69, 9.17) is 0 Å². The molecule has 1 aliphatic carbocycles. The van der Waals surface area contributed by atoms with E-state index in [-0.39, 0.29) is 42.8 Å². The zero-order chi connectivity index (χ0) is 25.0. The van der Waals surface area contributed by atoms with Crippen molar-refractivity contribution in [2.24, 2.45) is 0 Å². The number of nitrogens with one attached hydrogen (secondary N) is 3. The maximum atomic E-state index is 12.9. The number of benzene rings is 2. The highest BCUT2D eigenvalue weighted by molar-refractivity contribution is 6.06. The van der Waals surface area contributed by atoms with Gasteiger partial charge in [-0.2, -0.15) is 0 Å². The summed E-state index contributed by atoms with van der Waals surface area (Å²) in [6.45, 7) is 1.86. The molecule has 0 saturated heterocycles. The Morgan fingerprint density at radius 1 is 1.00 bits per heavy atom. The molecular formula is C28H24N4O4. The minimum absolute atomic E-state index is 0.0431. The highest BCUT2D eigenvalue weighted by atomic mass is 16.2. The molecule has 3 N–H and O–H groups in total. The lowest BCUT2D eigenvalue weighted by molar-refractivity contribution is -0.120. The van der Waals surface area contributed by atoms with Crippen LogP contribution in [-0.2, 0) is 39.1 Å². The molecule has 0 radical (unpaired) electrons. The standard InChI is InChI=1S/C28H24N4O4/c1-15-9-17(10-18-12-24(35)31-25(15)18)22(33)6-7-23(34)30-20-5-4-16-13-28(14-19(16)11-20)21-3-2-8-29-26(21)32-27(28)36/h2-5,8-11H,6-7,12-14H2,1H3,(H,30,34)(H,31,35)(H,29,32,36). The van der Waals surface area contributed by atoms with Gasteiger partial charge < -0.3 is 16.0 Å². The Bertz CT molecular complexity index is 1490. The summed E-state index contributed by atoms with van der Waals surface area (Å²) < 4.78 is 0. The molecule has 0 saturated carbocycles. The van der Waals surface area contributed by atoms with E-state index in [0.717, 1.165) is 33.5 Å². The number of pyridine rings is 1. The second kappa shape index (κ2) is 8.12. The zero-order valence-corrected chi connectivity index (χ0v) is 19.7. The molecule has 0 fully saturated rings. The lowest BCUT2D eigenvalue weighted by atomic mass is 9.79. The molecule has 8 heteroatoms. The van der Waals surface area contributed by atoms with Crippen LogP contribution in [0.4, 0.5) is 17.2 Å². The summed E-state index contributed by atoms with van der Waals surface area (Å²) in [5.74, 6) is 0.116. The summed E-state index contributed by atoms with van der Waals surface area (Å²) in [4.78, 5) is 54.2. The van der Waals surface area contributed by atoms with Crippen molar-refractivity contribution < 1.29 is 19.2 Å². The van der Waals surface area contributed by atoms with E-state index in [2.05, 4.69) is 20.9 Å². The van der Waals surface area contributed by atoms with Crippen molar-refractivity contribution in [3.05, 3.63) is 82.0 Å². The Hall–Kier alpha value is -4.33. The van der Waals surface area contributed by atoms with Crippen molar-refractivity contribution in [2.45, 2.75) is 44.4 Å². The maximum absolute atomic E-state index is 12.9. The molecule has 1 spiro atoms. The second-order valence-corrected chi connectivity index (χ2v) is 9.80. The van der Waals surface area contributed by atoms with Gasteiger partial charge in [0.2, 0.25) is 17.7 Å². The van der Waals surface area contributed by atoms with Crippen LogP contribution in [0, 0.1) is 6.92 Å². The van der Waals surface area contributed by atoms with Crippen LogP contribution in [0.3, 0.4) is 0 Å². The summed E-state index contributed by atoms with van der Waals surface area (Å²) in [5, 5.41) is 8.60. The monoisotopic (exact) mass is 480 g/mol. The first-order valence-corrected chi connectivity index (χ1v) is 12.0. The van der Waals surface area contributed by atoms with E-state index in [9.17, 15) is 19.2 Å². The fraction of sp³-hybridized carbons (Fsp3) is 0.250. The number of fused-ring (bicyclic) bond motifs is 4. The van der Waals surface area contributed by atoms with Gasteiger partial charge in [0, 0.05) is 41.5 Å². The van der Waals surface area contributed by atoms with Crippen molar-refractivity contribution >= 4 is 40.7 Å². The zero-order valence-electron chi connectivity index (χ0n) is 19.7. The summed E-state index contributed by atoms with van der Waals surface area (Å²) >= 11 is 0. The smallest absolute Gasteiger partial charge is 0.237 e. The van der Waals surface area contributed by atoms with Gasteiger partial charge in [-0.1, -0.05) is 12.1 Å². The van der Waals surface area contributed by atoms with Gasteiger partial charge in [0.1, 0.15) is 5.82 Å². The summed E-state index contributed by atoms with van der Waals surface area (Å²) in [5.41, 5.74) is 5.96.